The van der Waals surface area contributed by atoms with E-state index in [2.05, 4.69) is 10.6 Å². The molecule has 186 valence electrons. The van der Waals surface area contributed by atoms with Crippen LogP contribution in [0.4, 0.5) is 0 Å². The zero-order valence-electron chi connectivity index (χ0n) is 18.5. The van der Waals surface area contributed by atoms with Gasteiger partial charge in [0, 0.05) is 13.0 Å². The molecule has 33 heavy (non-hydrogen) atoms. The van der Waals surface area contributed by atoms with Crippen molar-refractivity contribution in [3.8, 4) is 0 Å². The fraction of sp³-hybridized carbons (Fsp3) is 0.684. The third-order valence-electron chi connectivity index (χ3n) is 5.12. The molecule has 5 amide bonds. The van der Waals surface area contributed by atoms with Gasteiger partial charge in [-0.15, -0.1) is 0 Å². The van der Waals surface area contributed by atoms with Gasteiger partial charge in [-0.3, -0.25) is 24.0 Å². The van der Waals surface area contributed by atoms with Gasteiger partial charge >= 0.3 is 5.97 Å². The van der Waals surface area contributed by atoms with E-state index < -0.39 is 66.1 Å². The molecule has 0 aromatic rings. The standard InChI is InChI=1S/C19H32N6O7S/c1-33-8-6-12(19(31)32)24-17(29)13-3-2-7-25(13)18(30)11(4-5-14(21)26)23-16(28)10(20)9-15(22)27/h10-13H,2-9,20H2,1H3,(H2,21,26)(H2,22,27)(H,23,28)(H,24,29)(H,31,32). The number of hydrogen-bond acceptors (Lipinski definition) is 8. The first kappa shape index (κ1) is 28.2. The fourth-order valence-corrected chi connectivity index (χ4v) is 3.87. The SMILES string of the molecule is CSCCC(NC(=O)C1CCCN1C(=O)C(CCC(N)=O)NC(=O)C(N)CC(N)=O)C(=O)O. The van der Waals surface area contributed by atoms with Crippen LogP contribution < -0.4 is 27.8 Å². The second kappa shape index (κ2) is 13.6. The summed E-state index contributed by atoms with van der Waals surface area (Å²) in [6.45, 7) is 0.204. The van der Waals surface area contributed by atoms with E-state index in [-0.39, 0.29) is 25.8 Å². The lowest BCUT2D eigenvalue weighted by Gasteiger charge is -2.29. The summed E-state index contributed by atoms with van der Waals surface area (Å²) in [6.07, 6.45) is 2.03. The molecule has 0 bridgehead atoms. The summed E-state index contributed by atoms with van der Waals surface area (Å²) in [5.41, 5.74) is 15.8. The molecular formula is C19H32N6O7S. The molecule has 1 aliphatic heterocycles. The van der Waals surface area contributed by atoms with Crippen molar-refractivity contribution in [3.05, 3.63) is 0 Å². The predicted molar refractivity (Wildman–Crippen MR) is 119 cm³/mol. The number of nitrogens with one attached hydrogen (secondary N) is 2. The van der Waals surface area contributed by atoms with Gasteiger partial charge in [-0.2, -0.15) is 11.8 Å². The topological polar surface area (TPSA) is 228 Å². The number of thioether (sulfide) groups is 1. The number of primary amides is 2. The van der Waals surface area contributed by atoms with Gasteiger partial charge in [-0.05, 0) is 37.7 Å². The number of hydrogen-bond donors (Lipinski definition) is 6. The lowest BCUT2D eigenvalue weighted by Crippen LogP contribution is -2.57. The van der Waals surface area contributed by atoms with Crippen molar-refractivity contribution in [1.82, 2.24) is 15.5 Å². The summed E-state index contributed by atoms with van der Waals surface area (Å²) >= 11 is 1.44. The minimum atomic E-state index is -1.29. The summed E-state index contributed by atoms with van der Waals surface area (Å²) in [4.78, 5) is 73.2. The quantitative estimate of drug-likeness (QED) is 0.149. The van der Waals surface area contributed by atoms with E-state index in [4.69, 9.17) is 17.2 Å². The van der Waals surface area contributed by atoms with Crippen molar-refractivity contribution in [2.45, 2.75) is 62.7 Å². The Morgan fingerprint density at radius 1 is 1.06 bits per heavy atom. The van der Waals surface area contributed by atoms with Crippen molar-refractivity contribution in [2.24, 2.45) is 17.2 Å². The van der Waals surface area contributed by atoms with Crippen LogP contribution in [0, 0.1) is 0 Å². The predicted octanol–water partition coefficient (Wildman–Crippen LogP) is -2.75. The van der Waals surface area contributed by atoms with Crippen molar-refractivity contribution in [3.63, 3.8) is 0 Å². The molecule has 1 fully saturated rings. The maximum atomic E-state index is 13.2. The second-order valence-corrected chi connectivity index (χ2v) is 8.70. The summed E-state index contributed by atoms with van der Waals surface area (Å²) in [5.74, 6) is -4.22. The van der Waals surface area contributed by atoms with Crippen LogP contribution in [0.15, 0.2) is 0 Å². The lowest BCUT2D eigenvalue weighted by atomic mass is 10.1. The van der Waals surface area contributed by atoms with Gasteiger partial charge in [0.15, 0.2) is 0 Å². The van der Waals surface area contributed by atoms with Crippen LogP contribution in [0.1, 0.15) is 38.5 Å². The Morgan fingerprint density at radius 2 is 1.73 bits per heavy atom. The zero-order valence-corrected chi connectivity index (χ0v) is 19.3. The number of amides is 5. The van der Waals surface area contributed by atoms with Crippen molar-refractivity contribution >= 4 is 47.3 Å². The van der Waals surface area contributed by atoms with Gasteiger partial charge in [-0.25, -0.2) is 4.79 Å². The van der Waals surface area contributed by atoms with Crippen LogP contribution in [-0.4, -0.2) is 88.2 Å². The number of carbonyl (C=O) groups is 6. The normalized spacial score (nSPS) is 18.1. The molecule has 4 unspecified atom stereocenters. The number of carboxylic acid groups (broad SMARTS) is 1. The highest BCUT2D eigenvalue weighted by atomic mass is 32.2. The maximum absolute atomic E-state index is 13.2. The zero-order chi connectivity index (χ0) is 25.1. The first-order valence-corrected chi connectivity index (χ1v) is 11.8. The van der Waals surface area contributed by atoms with Crippen LogP contribution >= 0.6 is 11.8 Å². The van der Waals surface area contributed by atoms with E-state index in [0.29, 0.717) is 18.6 Å². The average Bonchev–Trinajstić information content (AvgIpc) is 3.22. The molecule has 0 aliphatic carbocycles. The third-order valence-corrected chi connectivity index (χ3v) is 5.76. The Balaban J connectivity index is 2.96. The number of aliphatic carboxylic acids is 1. The molecular weight excluding hydrogens is 456 g/mol. The maximum Gasteiger partial charge on any atom is 0.326 e. The molecule has 1 rings (SSSR count). The molecule has 0 aromatic heterocycles. The number of likely N-dealkylation sites (tertiary alicyclic amines) is 1. The summed E-state index contributed by atoms with van der Waals surface area (Å²) < 4.78 is 0. The number of carbonyl (C=O) groups excluding carboxylic acids is 5. The van der Waals surface area contributed by atoms with Crippen molar-refractivity contribution in [1.29, 1.82) is 0 Å². The monoisotopic (exact) mass is 488 g/mol. The molecule has 0 saturated carbocycles. The molecule has 4 atom stereocenters. The number of nitrogens with zero attached hydrogens (tertiary/aromatic N) is 1. The minimum Gasteiger partial charge on any atom is -0.480 e. The highest BCUT2D eigenvalue weighted by molar-refractivity contribution is 7.98. The number of nitrogens with two attached hydrogens (primary N) is 3. The molecule has 14 heteroatoms. The summed E-state index contributed by atoms with van der Waals surface area (Å²) in [5, 5.41) is 14.2. The van der Waals surface area contributed by atoms with E-state index in [1.165, 1.54) is 16.7 Å². The van der Waals surface area contributed by atoms with Gasteiger partial charge < -0.3 is 37.8 Å². The van der Waals surface area contributed by atoms with E-state index in [9.17, 15) is 33.9 Å². The highest BCUT2D eigenvalue weighted by Gasteiger charge is 2.39. The summed E-state index contributed by atoms with van der Waals surface area (Å²) in [6, 6.07) is -4.54. The molecule has 1 heterocycles. The first-order valence-electron chi connectivity index (χ1n) is 10.4. The van der Waals surface area contributed by atoms with Crippen LogP contribution in [0.2, 0.25) is 0 Å². The molecule has 0 radical (unpaired) electrons. The van der Waals surface area contributed by atoms with Crippen molar-refractivity contribution in [2.75, 3.05) is 18.6 Å². The Kier molecular flexibility index (Phi) is 11.6. The largest absolute Gasteiger partial charge is 0.480 e. The Labute approximate surface area is 195 Å². The van der Waals surface area contributed by atoms with Gasteiger partial charge in [0.1, 0.15) is 18.1 Å². The third kappa shape index (κ3) is 9.26. The van der Waals surface area contributed by atoms with Crippen LogP contribution in [0.5, 0.6) is 0 Å². The molecule has 1 aliphatic rings. The Morgan fingerprint density at radius 3 is 2.27 bits per heavy atom. The van der Waals surface area contributed by atoms with Crippen LogP contribution in [0.25, 0.3) is 0 Å². The highest BCUT2D eigenvalue weighted by Crippen LogP contribution is 2.20. The second-order valence-electron chi connectivity index (χ2n) is 7.71. The fourth-order valence-electron chi connectivity index (χ4n) is 3.40. The Bertz CT molecular complexity index is 765. The van der Waals surface area contributed by atoms with Gasteiger partial charge in [0.2, 0.25) is 29.5 Å². The number of carboxylic acids is 1. The van der Waals surface area contributed by atoms with Gasteiger partial charge in [-0.1, -0.05) is 0 Å². The first-order chi connectivity index (χ1) is 15.5. The Hall–Kier alpha value is -2.87. The van der Waals surface area contributed by atoms with Crippen LogP contribution in [-0.2, 0) is 28.8 Å². The van der Waals surface area contributed by atoms with Crippen molar-refractivity contribution < 1.29 is 33.9 Å². The molecule has 0 spiro atoms. The van der Waals surface area contributed by atoms with E-state index in [1.54, 1.807) is 0 Å². The average molecular weight is 489 g/mol. The van der Waals surface area contributed by atoms with Crippen LogP contribution in [0.3, 0.4) is 0 Å². The van der Waals surface area contributed by atoms with Gasteiger partial charge in [0.05, 0.1) is 12.5 Å². The van der Waals surface area contributed by atoms with E-state index in [0.717, 1.165) is 0 Å². The molecule has 1 saturated heterocycles. The van der Waals surface area contributed by atoms with Gasteiger partial charge in [0.25, 0.3) is 0 Å². The molecule has 13 nitrogen and oxygen atoms in total. The summed E-state index contributed by atoms with van der Waals surface area (Å²) in [7, 11) is 0. The minimum absolute atomic E-state index is 0.139. The smallest absolute Gasteiger partial charge is 0.326 e. The lowest BCUT2D eigenvalue weighted by molar-refractivity contribution is -0.145. The van der Waals surface area contributed by atoms with E-state index >= 15 is 0 Å². The number of rotatable bonds is 14. The van der Waals surface area contributed by atoms with E-state index in [1.807, 2.05) is 6.26 Å². The molecule has 0 aromatic carbocycles. The molecule has 9 N–H and O–H groups in total.